The van der Waals surface area contributed by atoms with E-state index in [1.807, 2.05) is 0 Å². The van der Waals surface area contributed by atoms with Crippen LogP contribution in [0.3, 0.4) is 0 Å². The molecule has 1 heterocycles. The number of hydrogen-bond acceptors (Lipinski definition) is 5. The van der Waals surface area contributed by atoms with Crippen molar-refractivity contribution in [3.8, 4) is 0 Å². The Morgan fingerprint density at radius 2 is 1.69 bits per heavy atom. The fraction of sp³-hybridized carbons (Fsp3) is 0.200. The van der Waals surface area contributed by atoms with Gasteiger partial charge in [-0.3, -0.25) is 24.1 Å². The van der Waals surface area contributed by atoms with Gasteiger partial charge >= 0.3 is 5.97 Å². The van der Waals surface area contributed by atoms with Crippen LogP contribution in [0.4, 0.5) is 8.78 Å². The average molecular weight is 402 g/mol. The maximum atomic E-state index is 13.7. The van der Waals surface area contributed by atoms with Gasteiger partial charge in [0.05, 0.1) is 17.2 Å². The number of nitrogens with one attached hydrogen (secondary N) is 1. The molecule has 0 radical (unpaired) electrons. The predicted octanol–water partition coefficient (Wildman–Crippen LogP) is 1.98. The molecule has 3 rings (SSSR count). The lowest BCUT2D eigenvalue weighted by Gasteiger charge is -2.16. The number of hydrogen-bond donors (Lipinski definition) is 1. The van der Waals surface area contributed by atoms with Gasteiger partial charge in [-0.2, -0.15) is 0 Å². The van der Waals surface area contributed by atoms with E-state index in [2.05, 4.69) is 5.32 Å². The quantitative estimate of drug-likeness (QED) is 0.589. The summed E-state index contributed by atoms with van der Waals surface area (Å²) in [4.78, 5) is 49.0. The number of carbonyl (C=O) groups is 4. The third-order valence-electron chi connectivity index (χ3n) is 4.34. The number of amides is 3. The monoisotopic (exact) mass is 402 g/mol. The first-order chi connectivity index (χ1) is 13.8. The minimum atomic E-state index is -0.949. The van der Waals surface area contributed by atoms with Crippen LogP contribution in [-0.2, 0) is 14.3 Å². The minimum Gasteiger partial charge on any atom is -0.454 e. The van der Waals surface area contributed by atoms with Crippen molar-refractivity contribution in [2.75, 3.05) is 13.2 Å². The number of halogens is 2. The summed E-state index contributed by atoms with van der Waals surface area (Å²) in [6.07, 6.45) is 0. The molecule has 0 saturated carbocycles. The van der Waals surface area contributed by atoms with Gasteiger partial charge in [-0.05, 0) is 25.1 Å². The first kappa shape index (κ1) is 20.1. The Morgan fingerprint density at radius 3 is 2.28 bits per heavy atom. The van der Waals surface area contributed by atoms with Crippen LogP contribution in [0.15, 0.2) is 42.5 Å². The molecule has 1 aliphatic heterocycles. The van der Waals surface area contributed by atoms with Gasteiger partial charge in [0.2, 0.25) is 0 Å². The molecule has 2 aromatic rings. The molecule has 0 unspecified atom stereocenters. The highest BCUT2D eigenvalue weighted by molar-refractivity contribution is 6.22. The minimum absolute atomic E-state index is 0.0668. The molecule has 0 fully saturated rings. The van der Waals surface area contributed by atoms with Gasteiger partial charge in [-0.1, -0.05) is 18.2 Å². The third kappa shape index (κ3) is 4.29. The normalized spacial score (nSPS) is 13.8. The van der Waals surface area contributed by atoms with Gasteiger partial charge in [-0.25, -0.2) is 8.78 Å². The van der Waals surface area contributed by atoms with Gasteiger partial charge in [0, 0.05) is 11.6 Å². The van der Waals surface area contributed by atoms with Gasteiger partial charge in [0.15, 0.2) is 6.61 Å². The molecule has 0 bridgehead atoms. The third-order valence-corrected chi connectivity index (χ3v) is 4.34. The summed E-state index contributed by atoms with van der Waals surface area (Å²) in [5.74, 6) is -4.47. The molecule has 1 aliphatic rings. The fourth-order valence-electron chi connectivity index (χ4n) is 2.92. The van der Waals surface area contributed by atoms with E-state index in [0.29, 0.717) is 6.07 Å². The average Bonchev–Trinajstić information content (AvgIpc) is 2.91. The maximum Gasteiger partial charge on any atom is 0.326 e. The highest BCUT2D eigenvalue weighted by atomic mass is 19.1. The summed E-state index contributed by atoms with van der Waals surface area (Å²) in [6.45, 7) is 0.158. The highest BCUT2D eigenvalue weighted by Crippen LogP contribution is 2.22. The van der Waals surface area contributed by atoms with Crippen molar-refractivity contribution in [1.29, 1.82) is 0 Å². The van der Waals surface area contributed by atoms with Crippen LogP contribution in [0.1, 0.15) is 39.2 Å². The molecule has 9 heteroatoms. The van der Waals surface area contributed by atoms with E-state index in [1.54, 1.807) is 12.1 Å². The van der Waals surface area contributed by atoms with Crippen LogP contribution in [-0.4, -0.2) is 41.7 Å². The number of ether oxygens (including phenoxy) is 1. The van der Waals surface area contributed by atoms with Gasteiger partial charge in [0.25, 0.3) is 17.7 Å². The fourth-order valence-corrected chi connectivity index (χ4v) is 2.92. The number of rotatable bonds is 6. The number of carbonyl (C=O) groups excluding carboxylic acids is 4. The van der Waals surface area contributed by atoms with Crippen molar-refractivity contribution in [2.45, 2.75) is 13.0 Å². The van der Waals surface area contributed by atoms with E-state index in [4.69, 9.17) is 4.74 Å². The van der Waals surface area contributed by atoms with E-state index < -0.39 is 54.5 Å². The number of fused-ring (bicyclic) bond motifs is 1. The zero-order valence-electron chi connectivity index (χ0n) is 15.3. The molecule has 3 amide bonds. The smallest absolute Gasteiger partial charge is 0.326 e. The van der Waals surface area contributed by atoms with Gasteiger partial charge < -0.3 is 10.1 Å². The highest BCUT2D eigenvalue weighted by Gasteiger charge is 2.36. The number of nitrogens with zero attached hydrogens (tertiary/aromatic N) is 1. The van der Waals surface area contributed by atoms with Gasteiger partial charge in [-0.15, -0.1) is 0 Å². The van der Waals surface area contributed by atoms with Crippen molar-refractivity contribution in [1.82, 2.24) is 10.2 Å². The Labute approximate surface area is 164 Å². The molecule has 1 N–H and O–H groups in total. The molecule has 0 saturated heterocycles. The molecule has 0 aromatic heterocycles. The molecule has 7 nitrogen and oxygen atoms in total. The van der Waals surface area contributed by atoms with Crippen LogP contribution in [0.25, 0.3) is 0 Å². The summed E-state index contributed by atoms with van der Waals surface area (Å²) in [7, 11) is 0. The van der Waals surface area contributed by atoms with Crippen LogP contribution in [0.2, 0.25) is 0 Å². The number of esters is 1. The molecule has 1 atom stereocenters. The summed E-state index contributed by atoms with van der Waals surface area (Å²) >= 11 is 0. The Morgan fingerprint density at radius 1 is 1.07 bits per heavy atom. The molecule has 150 valence electrons. The summed E-state index contributed by atoms with van der Waals surface area (Å²) in [6, 6.07) is 8.31. The first-order valence-corrected chi connectivity index (χ1v) is 8.63. The lowest BCUT2D eigenvalue weighted by molar-refractivity contribution is -0.148. The summed E-state index contributed by atoms with van der Waals surface area (Å²) in [5, 5.41) is 2.41. The molecule has 0 spiro atoms. The van der Waals surface area contributed by atoms with Crippen molar-refractivity contribution in [3.05, 3.63) is 70.8 Å². The Balaban J connectivity index is 1.51. The molecule has 2 aromatic carbocycles. The van der Waals surface area contributed by atoms with E-state index >= 15 is 0 Å². The topological polar surface area (TPSA) is 92.8 Å². The van der Waals surface area contributed by atoms with Gasteiger partial charge in [0.1, 0.15) is 18.2 Å². The molecular formula is C20H16F2N2O5. The Hall–Kier alpha value is -3.62. The standard InChI is InChI=1S/C20H16F2N2O5/c1-11(13-7-6-12(21)8-16(13)22)23-17(25)10-29-18(26)9-24-19(27)14-4-2-3-5-15(14)20(24)28/h2-8,11H,9-10H2,1H3,(H,23,25)/t11-/m1/s1. The van der Waals surface area contributed by atoms with Crippen LogP contribution < -0.4 is 5.32 Å². The number of imide groups is 1. The van der Waals surface area contributed by atoms with Crippen LogP contribution in [0, 0.1) is 11.6 Å². The van der Waals surface area contributed by atoms with Crippen LogP contribution in [0.5, 0.6) is 0 Å². The van der Waals surface area contributed by atoms with E-state index in [0.717, 1.165) is 11.0 Å². The second-order valence-corrected chi connectivity index (χ2v) is 6.36. The largest absolute Gasteiger partial charge is 0.454 e. The Bertz CT molecular complexity index is 973. The summed E-state index contributed by atoms with van der Waals surface area (Å²) in [5.41, 5.74) is 0.452. The Kier molecular flexibility index (Phi) is 5.67. The van der Waals surface area contributed by atoms with E-state index in [9.17, 15) is 28.0 Å². The van der Waals surface area contributed by atoms with E-state index in [1.165, 1.54) is 25.1 Å². The SMILES string of the molecule is C[C@@H](NC(=O)COC(=O)CN1C(=O)c2ccccc2C1=O)c1ccc(F)cc1F. The molecule has 0 aliphatic carbocycles. The molecule has 29 heavy (non-hydrogen) atoms. The second-order valence-electron chi connectivity index (χ2n) is 6.36. The maximum absolute atomic E-state index is 13.7. The van der Waals surface area contributed by atoms with E-state index in [-0.39, 0.29) is 16.7 Å². The number of benzene rings is 2. The molecular weight excluding hydrogens is 386 g/mol. The first-order valence-electron chi connectivity index (χ1n) is 8.63. The second kappa shape index (κ2) is 8.17. The van der Waals surface area contributed by atoms with Crippen LogP contribution >= 0.6 is 0 Å². The van der Waals surface area contributed by atoms with Crippen molar-refractivity contribution < 1.29 is 32.7 Å². The lowest BCUT2D eigenvalue weighted by Crippen LogP contribution is -2.37. The van der Waals surface area contributed by atoms with Crippen molar-refractivity contribution in [3.63, 3.8) is 0 Å². The summed E-state index contributed by atoms with van der Waals surface area (Å²) < 4.78 is 31.5. The predicted molar refractivity (Wildman–Crippen MR) is 95.7 cm³/mol. The zero-order chi connectivity index (χ0) is 21.1. The van der Waals surface area contributed by atoms with Crippen molar-refractivity contribution in [2.24, 2.45) is 0 Å². The lowest BCUT2D eigenvalue weighted by atomic mass is 10.1. The zero-order valence-corrected chi connectivity index (χ0v) is 15.3. The van der Waals surface area contributed by atoms with Crippen molar-refractivity contribution >= 4 is 23.7 Å².